The lowest BCUT2D eigenvalue weighted by Crippen LogP contribution is -2.00. The van der Waals surface area contributed by atoms with E-state index in [9.17, 15) is 0 Å². The lowest BCUT2D eigenvalue weighted by atomic mass is 10.0. The Bertz CT molecular complexity index is 343. The second kappa shape index (κ2) is 4.64. The van der Waals surface area contributed by atoms with Gasteiger partial charge < -0.3 is 9.47 Å². The van der Waals surface area contributed by atoms with Crippen LogP contribution in [0.5, 0.6) is 5.75 Å². The number of aryl methyl sites for hydroxylation is 2. The number of rotatable bonds is 3. The highest BCUT2D eigenvalue weighted by molar-refractivity contribution is 5.47. The third kappa shape index (κ3) is 2.24. The van der Waals surface area contributed by atoms with Crippen LogP contribution in [0.25, 0.3) is 0 Å². The van der Waals surface area contributed by atoms with Crippen molar-refractivity contribution in [3.8, 4) is 11.8 Å². The largest absolute Gasteiger partial charge is 0.468 e. The van der Waals surface area contributed by atoms with E-state index in [0.717, 1.165) is 22.4 Å². The molecular formula is C11H13NO2. The molecule has 14 heavy (non-hydrogen) atoms. The maximum absolute atomic E-state index is 8.85. The van der Waals surface area contributed by atoms with Crippen molar-refractivity contribution in [1.82, 2.24) is 0 Å². The van der Waals surface area contributed by atoms with E-state index >= 15 is 0 Å². The molecule has 0 fully saturated rings. The first-order valence-electron chi connectivity index (χ1n) is 4.32. The number of benzene rings is 1. The molecule has 0 saturated carbocycles. The Morgan fingerprint density at radius 3 is 2.29 bits per heavy atom. The van der Waals surface area contributed by atoms with Gasteiger partial charge >= 0.3 is 0 Å². The smallest absolute Gasteiger partial charge is 0.188 e. The highest BCUT2D eigenvalue weighted by Crippen LogP contribution is 2.20. The van der Waals surface area contributed by atoms with Crippen molar-refractivity contribution in [2.24, 2.45) is 0 Å². The second-order valence-corrected chi connectivity index (χ2v) is 3.09. The summed E-state index contributed by atoms with van der Waals surface area (Å²) in [5.41, 5.74) is 2.58. The highest BCUT2D eigenvalue weighted by Gasteiger charge is 2.04. The molecule has 0 aromatic heterocycles. The fourth-order valence-corrected chi connectivity index (χ4v) is 1.31. The Labute approximate surface area is 83.9 Å². The summed E-state index contributed by atoms with van der Waals surface area (Å²) in [6.07, 6.45) is 0. The minimum atomic E-state index is 0.227. The molecular weight excluding hydrogens is 178 g/mol. The van der Waals surface area contributed by atoms with E-state index in [2.05, 4.69) is 6.07 Å². The molecule has 3 heteroatoms. The zero-order valence-corrected chi connectivity index (χ0v) is 8.63. The highest BCUT2D eigenvalue weighted by atomic mass is 16.7. The number of hydrogen-bond acceptors (Lipinski definition) is 3. The lowest BCUT2D eigenvalue weighted by Gasteiger charge is -2.08. The summed E-state index contributed by atoms with van der Waals surface area (Å²) in [6.45, 7) is 4.02. The van der Waals surface area contributed by atoms with E-state index in [1.807, 2.05) is 26.0 Å². The molecule has 1 aromatic carbocycles. The summed E-state index contributed by atoms with van der Waals surface area (Å²) in [5, 5.41) is 8.85. The van der Waals surface area contributed by atoms with Gasteiger partial charge in [0, 0.05) is 7.11 Å². The molecule has 0 spiro atoms. The van der Waals surface area contributed by atoms with Crippen LogP contribution in [0.3, 0.4) is 0 Å². The maximum Gasteiger partial charge on any atom is 0.188 e. The van der Waals surface area contributed by atoms with Gasteiger partial charge in [0.05, 0.1) is 11.6 Å². The van der Waals surface area contributed by atoms with Gasteiger partial charge in [-0.15, -0.1) is 0 Å². The van der Waals surface area contributed by atoms with Crippen LogP contribution >= 0.6 is 0 Å². The molecule has 1 rings (SSSR count). The van der Waals surface area contributed by atoms with Crippen LogP contribution < -0.4 is 4.74 Å². The van der Waals surface area contributed by atoms with Crippen molar-refractivity contribution in [3.63, 3.8) is 0 Å². The van der Waals surface area contributed by atoms with Gasteiger partial charge in [0.1, 0.15) is 5.75 Å². The first kappa shape index (κ1) is 10.6. The van der Waals surface area contributed by atoms with E-state index in [1.54, 1.807) is 7.11 Å². The minimum absolute atomic E-state index is 0.227. The van der Waals surface area contributed by atoms with Crippen molar-refractivity contribution in [3.05, 3.63) is 28.8 Å². The van der Waals surface area contributed by atoms with Crippen molar-refractivity contribution in [2.75, 3.05) is 13.9 Å². The van der Waals surface area contributed by atoms with Crippen molar-refractivity contribution in [1.29, 1.82) is 5.26 Å². The monoisotopic (exact) mass is 191 g/mol. The Morgan fingerprint density at radius 2 is 1.86 bits per heavy atom. The van der Waals surface area contributed by atoms with Crippen LogP contribution in [0.1, 0.15) is 16.7 Å². The van der Waals surface area contributed by atoms with Crippen molar-refractivity contribution >= 4 is 0 Å². The summed E-state index contributed by atoms with van der Waals surface area (Å²) >= 11 is 0. The minimum Gasteiger partial charge on any atom is -0.468 e. The second-order valence-electron chi connectivity index (χ2n) is 3.09. The Hall–Kier alpha value is -1.53. The molecule has 0 heterocycles. The molecule has 0 aliphatic heterocycles. The SMILES string of the molecule is COCOc1cc(C)c(C#N)c(C)c1. The lowest BCUT2D eigenvalue weighted by molar-refractivity contribution is 0.0510. The summed E-state index contributed by atoms with van der Waals surface area (Å²) in [6, 6.07) is 5.84. The Balaban J connectivity index is 2.97. The van der Waals surface area contributed by atoms with Crippen LogP contribution in [-0.2, 0) is 4.74 Å². The first-order chi connectivity index (χ1) is 6.69. The zero-order valence-electron chi connectivity index (χ0n) is 8.63. The molecule has 0 aliphatic rings. The fraction of sp³-hybridized carbons (Fsp3) is 0.364. The molecule has 0 unspecified atom stereocenters. The molecule has 0 aliphatic carbocycles. The van der Waals surface area contributed by atoms with Crippen LogP contribution in [-0.4, -0.2) is 13.9 Å². The van der Waals surface area contributed by atoms with Gasteiger partial charge in [-0.2, -0.15) is 5.26 Å². The van der Waals surface area contributed by atoms with Gasteiger partial charge in [-0.05, 0) is 37.1 Å². The van der Waals surface area contributed by atoms with E-state index in [1.165, 1.54) is 0 Å². The number of nitrogens with zero attached hydrogens (tertiary/aromatic N) is 1. The molecule has 1 aromatic rings. The van der Waals surface area contributed by atoms with Crippen LogP contribution in [0.15, 0.2) is 12.1 Å². The molecule has 0 amide bonds. The van der Waals surface area contributed by atoms with Crippen LogP contribution in [0, 0.1) is 25.2 Å². The van der Waals surface area contributed by atoms with Gasteiger partial charge in [-0.3, -0.25) is 0 Å². The van der Waals surface area contributed by atoms with E-state index in [0.29, 0.717) is 0 Å². The average Bonchev–Trinajstić information content (AvgIpc) is 2.14. The molecule has 0 radical (unpaired) electrons. The van der Waals surface area contributed by atoms with Gasteiger partial charge in [0.15, 0.2) is 6.79 Å². The van der Waals surface area contributed by atoms with Crippen molar-refractivity contribution < 1.29 is 9.47 Å². The molecule has 3 nitrogen and oxygen atoms in total. The maximum atomic E-state index is 8.85. The third-order valence-corrected chi connectivity index (χ3v) is 1.96. The molecule has 0 N–H and O–H groups in total. The third-order valence-electron chi connectivity index (χ3n) is 1.96. The van der Waals surface area contributed by atoms with Crippen molar-refractivity contribution in [2.45, 2.75) is 13.8 Å². The number of nitriles is 1. The normalized spacial score (nSPS) is 9.57. The van der Waals surface area contributed by atoms with Crippen LogP contribution in [0.2, 0.25) is 0 Å². The average molecular weight is 191 g/mol. The Morgan fingerprint density at radius 1 is 1.29 bits per heavy atom. The standard InChI is InChI=1S/C11H13NO2/c1-8-4-10(14-7-13-3)5-9(2)11(8)6-12/h4-5H,7H2,1-3H3. The molecule has 0 bridgehead atoms. The molecule has 0 atom stereocenters. The van der Waals surface area contributed by atoms with Gasteiger partial charge in [-0.1, -0.05) is 0 Å². The number of ether oxygens (including phenoxy) is 2. The molecule has 74 valence electrons. The first-order valence-corrected chi connectivity index (χ1v) is 4.32. The zero-order chi connectivity index (χ0) is 10.6. The predicted octanol–water partition coefficient (Wildman–Crippen LogP) is 2.16. The Kier molecular flexibility index (Phi) is 3.49. The fourth-order valence-electron chi connectivity index (χ4n) is 1.31. The number of methoxy groups -OCH3 is 1. The van der Waals surface area contributed by atoms with E-state index in [4.69, 9.17) is 14.7 Å². The summed E-state index contributed by atoms with van der Waals surface area (Å²) in [4.78, 5) is 0. The topological polar surface area (TPSA) is 42.2 Å². The quantitative estimate of drug-likeness (QED) is 0.687. The molecule has 0 saturated heterocycles. The van der Waals surface area contributed by atoms with Crippen LogP contribution in [0.4, 0.5) is 0 Å². The van der Waals surface area contributed by atoms with Gasteiger partial charge in [0.2, 0.25) is 0 Å². The number of hydrogen-bond donors (Lipinski definition) is 0. The van der Waals surface area contributed by atoms with Gasteiger partial charge in [0.25, 0.3) is 0 Å². The van der Waals surface area contributed by atoms with E-state index < -0.39 is 0 Å². The van der Waals surface area contributed by atoms with Gasteiger partial charge in [-0.25, -0.2) is 0 Å². The van der Waals surface area contributed by atoms with E-state index in [-0.39, 0.29) is 6.79 Å². The predicted molar refractivity (Wildman–Crippen MR) is 53.1 cm³/mol. The summed E-state index contributed by atoms with van der Waals surface area (Å²) < 4.78 is 10.1. The summed E-state index contributed by atoms with van der Waals surface area (Å²) in [7, 11) is 1.57. The summed E-state index contributed by atoms with van der Waals surface area (Å²) in [5.74, 6) is 0.737.